The van der Waals surface area contributed by atoms with Gasteiger partial charge in [0, 0.05) is 2.85 Å². The maximum Gasteiger partial charge on any atom is 0 e. The Labute approximate surface area is 43.5 Å². The SMILES string of the molecule is F.F.F.F.F.F.[HH].[HH].[SiH4]. The molecular weight excluding hydrogens is 142 g/mol. The van der Waals surface area contributed by atoms with Crippen LogP contribution < -0.4 is 0 Å². The summed E-state index contributed by atoms with van der Waals surface area (Å²) in [6.45, 7) is 0. The molecule has 0 saturated heterocycles. The zero-order chi connectivity index (χ0) is 0. The topological polar surface area (TPSA) is 0 Å². The molecule has 0 aliphatic carbocycles. The first kappa shape index (κ1) is 5540. The third-order valence-corrected chi connectivity index (χ3v) is 0. The van der Waals surface area contributed by atoms with Crippen LogP contribution in [0.3, 0.4) is 0 Å². The van der Waals surface area contributed by atoms with Gasteiger partial charge in [-0.25, -0.2) is 0 Å². The van der Waals surface area contributed by atoms with Gasteiger partial charge in [-0.3, -0.25) is 28.2 Å². The van der Waals surface area contributed by atoms with Crippen molar-refractivity contribution in [3.63, 3.8) is 0 Å². The molecule has 0 aromatic rings. The van der Waals surface area contributed by atoms with Gasteiger partial charge < -0.3 is 0 Å². The van der Waals surface area contributed by atoms with E-state index in [2.05, 4.69) is 0 Å². The van der Waals surface area contributed by atoms with Gasteiger partial charge in [-0.15, -0.1) is 0 Å². The van der Waals surface area contributed by atoms with E-state index in [0.717, 1.165) is 0 Å². The molecule has 0 N–H and O–H groups in total. The van der Waals surface area contributed by atoms with Crippen molar-refractivity contribution in [2.75, 3.05) is 0 Å². The standard InChI is InChI=1S/6FH.H4Si.2H2/h6*1H;1H4;2*1H. The zero-order valence-electron chi connectivity index (χ0n) is 2.45. The third-order valence-electron chi connectivity index (χ3n) is 0. The van der Waals surface area contributed by atoms with E-state index in [-0.39, 0.29) is 42.0 Å². The molecule has 0 aromatic heterocycles. The molecule has 0 fully saturated rings. The Bertz CT molecular complexity index is 11.0. The fourth-order valence-corrected chi connectivity index (χ4v) is 0. The monoisotopic (exact) mass is 156 g/mol. The maximum absolute atomic E-state index is 0. The molecule has 0 spiro atoms. The molecule has 60 valence electrons. The summed E-state index contributed by atoms with van der Waals surface area (Å²) in [6.07, 6.45) is 0. The summed E-state index contributed by atoms with van der Waals surface area (Å²) in [6, 6.07) is 0. The molecule has 0 amide bonds. The maximum atomic E-state index is 0. The van der Waals surface area contributed by atoms with Gasteiger partial charge in [-0.1, -0.05) is 0 Å². The highest BCUT2D eigenvalue weighted by atomic mass is 28.1. The first-order valence-electron chi connectivity index (χ1n) is 0. The molecule has 0 aliphatic rings. The number of rotatable bonds is 0. The lowest BCUT2D eigenvalue weighted by atomic mass is 19.0. The van der Waals surface area contributed by atoms with Crippen LogP contribution in [0, 0.1) is 0 Å². The first-order valence-corrected chi connectivity index (χ1v) is 0. The Morgan fingerprint density at radius 3 is 0.429 bits per heavy atom. The fourth-order valence-electron chi connectivity index (χ4n) is 0. The summed E-state index contributed by atoms with van der Waals surface area (Å²) < 4.78 is 0. The van der Waals surface area contributed by atoms with Crippen molar-refractivity contribution in [1.82, 2.24) is 0 Å². The van der Waals surface area contributed by atoms with Crippen molar-refractivity contribution in [2.45, 2.75) is 0 Å². The minimum absolute atomic E-state index is 0. The first-order chi connectivity index (χ1) is 0. The van der Waals surface area contributed by atoms with Crippen LogP contribution in [-0.2, 0) is 0 Å². The second-order valence-corrected chi connectivity index (χ2v) is 0. The lowest BCUT2D eigenvalue weighted by molar-refractivity contribution is 1.11. The molecule has 0 saturated carbocycles. The summed E-state index contributed by atoms with van der Waals surface area (Å²) >= 11 is 0. The van der Waals surface area contributed by atoms with Crippen LogP contribution in [0.25, 0.3) is 0 Å². The summed E-state index contributed by atoms with van der Waals surface area (Å²) in [7, 11) is 0. The van der Waals surface area contributed by atoms with E-state index in [0.29, 0.717) is 0 Å². The predicted molar refractivity (Wildman–Crippen MR) is 30.6 cm³/mol. The lowest BCUT2D eigenvalue weighted by Crippen LogP contribution is -0.381. The Morgan fingerprint density at radius 2 is 0.429 bits per heavy atom. The van der Waals surface area contributed by atoms with Crippen molar-refractivity contribution >= 4 is 11.0 Å². The van der Waals surface area contributed by atoms with Crippen molar-refractivity contribution in [2.24, 2.45) is 0 Å². The molecule has 0 atom stereocenters. The van der Waals surface area contributed by atoms with Crippen molar-refractivity contribution in [1.29, 1.82) is 0 Å². The van der Waals surface area contributed by atoms with Crippen LogP contribution in [0.2, 0.25) is 0 Å². The Morgan fingerprint density at radius 1 is 0.429 bits per heavy atom. The van der Waals surface area contributed by atoms with E-state index in [9.17, 15) is 0 Å². The number of halogens is 6. The molecule has 0 bridgehead atoms. The molecule has 0 radical (unpaired) electrons. The van der Waals surface area contributed by atoms with E-state index in [4.69, 9.17) is 0 Å². The quantitative estimate of drug-likeness (QED) is 0.341. The highest BCUT2D eigenvalue weighted by molar-refractivity contribution is 5.75. The van der Waals surface area contributed by atoms with Gasteiger partial charge in [0.25, 0.3) is 0 Å². The van der Waals surface area contributed by atoms with E-state index in [1.807, 2.05) is 0 Å². The Kier molecular flexibility index (Phi) is 2560000. The van der Waals surface area contributed by atoms with E-state index in [1.54, 1.807) is 0 Å². The van der Waals surface area contributed by atoms with Gasteiger partial charge in [-0.2, -0.15) is 0 Å². The van der Waals surface area contributed by atoms with Crippen molar-refractivity contribution < 1.29 is 31.1 Å². The molecule has 0 rings (SSSR count). The Hall–Kier alpha value is -0.203. The summed E-state index contributed by atoms with van der Waals surface area (Å²) in [5.74, 6) is 0. The van der Waals surface area contributed by atoms with Gasteiger partial charge in [0.2, 0.25) is 0 Å². The summed E-state index contributed by atoms with van der Waals surface area (Å²) in [4.78, 5) is 0. The van der Waals surface area contributed by atoms with Gasteiger partial charge in [-0.05, 0) is 11.0 Å². The minimum atomic E-state index is 0. The number of hydrogen-bond donors (Lipinski definition) is 0. The van der Waals surface area contributed by atoms with E-state index < -0.39 is 0 Å². The molecule has 7 heavy (non-hydrogen) atoms. The highest BCUT2D eigenvalue weighted by Gasteiger charge is -0.0148. The molecular formula is H14F6Si. The molecule has 0 nitrogen and oxygen atoms in total. The zero-order valence-corrected chi connectivity index (χ0v) is 2.45. The van der Waals surface area contributed by atoms with E-state index >= 15 is 0 Å². The fraction of sp³-hybridized carbons (Fsp3) is 0. The summed E-state index contributed by atoms with van der Waals surface area (Å²) in [5, 5.41) is 0. The lowest BCUT2D eigenvalue weighted by Gasteiger charge is -0.270. The minimum Gasteiger partial charge on any atom is -0.269 e. The van der Waals surface area contributed by atoms with Crippen LogP contribution in [0.1, 0.15) is 2.85 Å². The normalized spacial score (nSPS) is 0. The highest BCUT2D eigenvalue weighted by Crippen LogP contribution is 0.425. The molecule has 0 unspecified atom stereocenters. The van der Waals surface area contributed by atoms with Crippen LogP contribution in [0.15, 0.2) is 0 Å². The second kappa shape index (κ2) is 3230. The molecule has 0 aromatic carbocycles. The molecule has 0 aliphatic heterocycles. The number of hydrogen-bond acceptors (Lipinski definition) is 0. The van der Waals surface area contributed by atoms with Gasteiger partial charge >= 0.3 is 0 Å². The largest absolute Gasteiger partial charge is 0.269 e. The smallest absolute Gasteiger partial charge is 0 e. The van der Waals surface area contributed by atoms with E-state index in [1.165, 1.54) is 0 Å². The van der Waals surface area contributed by atoms with Gasteiger partial charge in [0.05, 0.1) is 0 Å². The van der Waals surface area contributed by atoms with Crippen LogP contribution in [0.5, 0.6) is 0 Å². The van der Waals surface area contributed by atoms with Gasteiger partial charge in [0.15, 0.2) is 0 Å². The third kappa shape index (κ3) is 2030. The average Bonchev–Trinajstić information content (AvgIpc) is 0. The van der Waals surface area contributed by atoms with Crippen LogP contribution in [0.4, 0.5) is 28.2 Å². The van der Waals surface area contributed by atoms with Gasteiger partial charge in [0.1, 0.15) is 0 Å². The Balaban J connectivity index is 0. The molecule has 0 heterocycles. The second-order valence-electron chi connectivity index (χ2n) is 0. The molecule has 7 heteroatoms. The predicted octanol–water partition coefficient (Wildman–Crippen LogP) is -0.0446. The van der Waals surface area contributed by atoms with Crippen LogP contribution >= 0.6 is 0 Å². The van der Waals surface area contributed by atoms with Crippen molar-refractivity contribution in [3.8, 4) is 0 Å². The summed E-state index contributed by atoms with van der Waals surface area (Å²) in [5.41, 5.74) is 0. The van der Waals surface area contributed by atoms with Crippen LogP contribution in [-0.4, -0.2) is 11.0 Å². The average molecular weight is 156 g/mol. The van der Waals surface area contributed by atoms with Crippen molar-refractivity contribution in [3.05, 3.63) is 0 Å².